The molecule has 1 heterocycles. The van der Waals surface area contributed by atoms with E-state index in [0.717, 1.165) is 13.2 Å². The van der Waals surface area contributed by atoms with Crippen molar-refractivity contribution in [1.82, 2.24) is 0 Å². The molecule has 0 spiro atoms. The van der Waals surface area contributed by atoms with Gasteiger partial charge in [-0.25, -0.2) is 0 Å². The first-order chi connectivity index (χ1) is 2.50. The van der Waals surface area contributed by atoms with E-state index in [1.807, 2.05) is 0 Å². The second-order valence-corrected chi connectivity index (χ2v) is 1.32. The summed E-state index contributed by atoms with van der Waals surface area (Å²) in [5, 5.41) is 0. The normalized spacial score (nSPS) is 20.0. The molecule has 1 fully saturated rings. The zero-order valence-corrected chi connectivity index (χ0v) is 9.44. The van der Waals surface area contributed by atoms with Gasteiger partial charge in [-0.05, 0) is 12.8 Å². The average molecular weight is 281 g/mol. The summed E-state index contributed by atoms with van der Waals surface area (Å²) >= 11 is 0. The molecule has 0 aromatic carbocycles. The van der Waals surface area contributed by atoms with Gasteiger partial charge in [0.15, 0.2) is 0 Å². The number of ether oxygens (including phenoxy) is 1. The summed E-state index contributed by atoms with van der Waals surface area (Å²) in [5.41, 5.74) is 0. The first kappa shape index (κ1) is 6.88. The van der Waals surface area contributed by atoms with Crippen LogP contribution in [0, 0.1) is 0 Å². The molecule has 2 heteroatoms. The molecule has 1 nitrogen and oxygen atoms in total. The van der Waals surface area contributed by atoms with E-state index in [1.165, 1.54) is 12.8 Å². The molecule has 6 heavy (non-hydrogen) atoms. The molecule has 0 bridgehead atoms. The Kier molecular flexibility index (Phi) is 4.65. The zero-order chi connectivity index (χ0) is 3.54. The van der Waals surface area contributed by atoms with Crippen molar-refractivity contribution in [2.45, 2.75) is 12.8 Å². The molecule has 0 N–H and O–H groups in total. The maximum atomic E-state index is 4.94. The van der Waals surface area contributed by atoms with Crippen molar-refractivity contribution in [2.24, 2.45) is 0 Å². The van der Waals surface area contributed by atoms with Gasteiger partial charge in [-0.1, -0.05) is 0 Å². The third kappa shape index (κ3) is 2.13. The Morgan fingerprint density at radius 2 is 1.50 bits per heavy atom. The zero-order valence-electron chi connectivity index (χ0n) is 3.94. The molecular formula is C4H10OPb. The number of hydrogen-bond acceptors (Lipinski definition) is 1. The summed E-state index contributed by atoms with van der Waals surface area (Å²) in [6.45, 7) is 2.00. The van der Waals surface area contributed by atoms with Gasteiger partial charge >= 0.3 is 27.3 Å². The Hall–Kier alpha value is 0.882. The molecule has 0 saturated carbocycles. The molecule has 2 radical (unpaired) electrons. The van der Waals surface area contributed by atoms with E-state index in [4.69, 9.17) is 4.74 Å². The molecule has 1 rings (SSSR count). The third-order valence-corrected chi connectivity index (χ3v) is 0.827. The van der Waals surface area contributed by atoms with Crippen LogP contribution in [0.2, 0.25) is 0 Å². The van der Waals surface area contributed by atoms with E-state index in [2.05, 4.69) is 0 Å². The van der Waals surface area contributed by atoms with Crippen LogP contribution >= 0.6 is 0 Å². The van der Waals surface area contributed by atoms with Crippen LogP contribution in [0.5, 0.6) is 0 Å². The van der Waals surface area contributed by atoms with Gasteiger partial charge in [-0.15, -0.1) is 0 Å². The van der Waals surface area contributed by atoms with Crippen molar-refractivity contribution < 1.29 is 4.74 Å². The minimum atomic E-state index is 0. The van der Waals surface area contributed by atoms with Crippen molar-refractivity contribution in [3.63, 3.8) is 0 Å². The van der Waals surface area contributed by atoms with E-state index in [0.29, 0.717) is 0 Å². The summed E-state index contributed by atoms with van der Waals surface area (Å²) < 4.78 is 4.94. The number of hydrogen-bond donors (Lipinski definition) is 0. The van der Waals surface area contributed by atoms with Crippen molar-refractivity contribution in [2.75, 3.05) is 13.2 Å². The molecule has 36 valence electrons. The molecule has 0 aliphatic carbocycles. The maximum absolute atomic E-state index is 4.94. The first-order valence-electron chi connectivity index (χ1n) is 2.08. The molecule has 1 saturated heterocycles. The van der Waals surface area contributed by atoms with Gasteiger partial charge < -0.3 is 4.74 Å². The van der Waals surface area contributed by atoms with Gasteiger partial charge in [0.1, 0.15) is 0 Å². The average Bonchev–Trinajstić information content (AvgIpc) is 1.76. The Labute approximate surface area is 58.2 Å². The Morgan fingerprint density at radius 3 is 1.67 bits per heavy atom. The summed E-state index contributed by atoms with van der Waals surface area (Å²) in [7, 11) is 0. The van der Waals surface area contributed by atoms with Crippen molar-refractivity contribution in [3.8, 4) is 0 Å². The molecular weight excluding hydrogens is 271 g/mol. The fourth-order valence-electron chi connectivity index (χ4n) is 0.510. The Morgan fingerprint density at radius 1 is 1.00 bits per heavy atom. The van der Waals surface area contributed by atoms with Crippen LogP contribution in [-0.2, 0) is 4.74 Å². The van der Waals surface area contributed by atoms with Gasteiger partial charge in [-0.3, -0.25) is 0 Å². The SMILES string of the molecule is C1CCOC1.[PbH2]. The summed E-state index contributed by atoms with van der Waals surface area (Å²) in [6.07, 6.45) is 2.56. The van der Waals surface area contributed by atoms with E-state index in [1.54, 1.807) is 0 Å². The van der Waals surface area contributed by atoms with E-state index in [9.17, 15) is 0 Å². The standard InChI is InChI=1S/C4H8O.Pb.2H/c1-2-4-5-3-1;;;/h1-4H2;;;. The monoisotopic (exact) mass is 282 g/mol. The molecule has 0 atom stereocenters. The quantitative estimate of drug-likeness (QED) is 0.563. The van der Waals surface area contributed by atoms with Gasteiger partial charge in [0, 0.05) is 13.2 Å². The van der Waals surface area contributed by atoms with Crippen LogP contribution in [0.3, 0.4) is 0 Å². The van der Waals surface area contributed by atoms with Gasteiger partial charge in [-0.2, -0.15) is 0 Å². The second kappa shape index (κ2) is 4.05. The third-order valence-electron chi connectivity index (χ3n) is 0.827. The summed E-state index contributed by atoms with van der Waals surface area (Å²) in [5.74, 6) is 0. The minimum absolute atomic E-state index is 0. The van der Waals surface area contributed by atoms with E-state index >= 15 is 0 Å². The van der Waals surface area contributed by atoms with Crippen LogP contribution < -0.4 is 0 Å². The fourth-order valence-corrected chi connectivity index (χ4v) is 0.510. The van der Waals surface area contributed by atoms with Gasteiger partial charge in [0.25, 0.3) is 0 Å². The number of rotatable bonds is 0. The molecule has 0 unspecified atom stereocenters. The van der Waals surface area contributed by atoms with Crippen LogP contribution in [0.1, 0.15) is 12.8 Å². The summed E-state index contributed by atoms with van der Waals surface area (Å²) in [6, 6.07) is 0. The fraction of sp³-hybridized carbons (Fsp3) is 1.00. The molecule has 0 amide bonds. The van der Waals surface area contributed by atoms with E-state index < -0.39 is 0 Å². The molecule has 0 aromatic rings. The van der Waals surface area contributed by atoms with Gasteiger partial charge in [0.05, 0.1) is 0 Å². The molecule has 1 aliphatic heterocycles. The second-order valence-electron chi connectivity index (χ2n) is 1.32. The van der Waals surface area contributed by atoms with Crippen LogP contribution in [-0.4, -0.2) is 40.5 Å². The van der Waals surface area contributed by atoms with E-state index in [-0.39, 0.29) is 27.3 Å². The van der Waals surface area contributed by atoms with Crippen molar-refractivity contribution in [3.05, 3.63) is 0 Å². The first-order valence-corrected chi connectivity index (χ1v) is 2.08. The predicted molar refractivity (Wildman–Crippen MR) is 28.6 cm³/mol. The van der Waals surface area contributed by atoms with Crippen molar-refractivity contribution >= 4 is 27.3 Å². The van der Waals surface area contributed by atoms with Crippen LogP contribution in [0.25, 0.3) is 0 Å². The van der Waals surface area contributed by atoms with Crippen LogP contribution in [0.15, 0.2) is 0 Å². The predicted octanol–water partition coefficient (Wildman–Crippen LogP) is -0.119. The molecule has 1 aliphatic rings. The topological polar surface area (TPSA) is 9.23 Å². The Bertz CT molecular complexity index is 19.1. The molecule has 0 aromatic heterocycles. The Balaban J connectivity index is 0.000000250. The van der Waals surface area contributed by atoms with Gasteiger partial charge in [0.2, 0.25) is 0 Å². The van der Waals surface area contributed by atoms with Crippen molar-refractivity contribution in [1.29, 1.82) is 0 Å². The van der Waals surface area contributed by atoms with Crippen LogP contribution in [0.4, 0.5) is 0 Å². The summed E-state index contributed by atoms with van der Waals surface area (Å²) in [4.78, 5) is 0.